The number of unbranched alkanes of at least 4 members (excludes halogenated alkanes) is 3. The van der Waals surface area contributed by atoms with E-state index >= 15 is 0 Å². The molecule has 0 radical (unpaired) electrons. The van der Waals surface area contributed by atoms with Crippen LogP contribution in [-0.2, 0) is 4.79 Å². The number of carbonyl (C=O) groups is 1. The first-order valence-corrected chi connectivity index (χ1v) is 12.0. The van der Waals surface area contributed by atoms with E-state index in [1.807, 2.05) is 0 Å². The Hall–Kier alpha value is -0.330. The van der Waals surface area contributed by atoms with E-state index in [-0.39, 0.29) is 7.92 Å². The predicted octanol–water partition coefficient (Wildman–Crippen LogP) is 6.20. The van der Waals surface area contributed by atoms with Crippen LogP contribution >= 0.6 is 19.5 Å². The molecule has 0 saturated carbocycles. The SMILES string of the molecule is C=CCC(Cl)(CC=C)C(N)=O.CCCC[PH+](CCCC)CCCC. The van der Waals surface area contributed by atoms with Gasteiger partial charge in [0.1, 0.15) is 4.87 Å². The van der Waals surface area contributed by atoms with Gasteiger partial charge in [0.2, 0.25) is 5.91 Å². The normalized spacial score (nSPS) is 10.9. The van der Waals surface area contributed by atoms with Gasteiger partial charge in [-0.25, -0.2) is 0 Å². The van der Waals surface area contributed by atoms with Crippen LogP contribution in [-0.4, -0.2) is 29.3 Å². The second kappa shape index (κ2) is 17.5. The molecule has 0 spiro atoms. The van der Waals surface area contributed by atoms with Gasteiger partial charge in [0.15, 0.2) is 0 Å². The zero-order valence-electron chi connectivity index (χ0n) is 16.2. The summed E-state index contributed by atoms with van der Waals surface area (Å²) in [5.74, 6) is -0.529. The Morgan fingerprint density at radius 3 is 1.50 bits per heavy atom. The van der Waals surface area contributed by atoms with Crippen molar-refractivity contribution in [2.45, 2.75) is 77.0 Å². The first-order chi connectivity index (χ1) is 11.4. The molecular weight excluding hydrogens is 337 g/mol. The molecule has 0 fully saturated rings. The maximum absolute atomic E-state index is 10.8. The molecule has 0 aromatic rings. The summed E-state index contributed by atoms with van der Waals surface area (Å²) in [5, 5.41) is 0. The topological polar surface area (TPSA) is 43.1 Å². The average molecular weight is 377 g/mol. The Balaban J connectivity index is 0. The molecule has 4 heteroatoms. The number of nitrogens with two attached hydrogens (primary N) is 1. The summed E-state index contributed by atoms with van der Waals surface area (Å²) in [6.07, 6.45) is 17.3. The number of carbonyl (C=O) groups excluding carboxylic acids is 1. The van der Waals surface area contributed by atoms with Gasteiger partial charge in [0, 0.05) is 7.92 Å². The molecule has 0 heterocycles. The molecule has 142 valence electrons. The van der Waals surface area contributed by atoms with Crippen LogP contribution < -0.4 is 5.73 Å². The molecule has 0 rings (SSSR count). The second-order valence-corrected chi connectivity index (χ2v) is 10.1. The van der Waals surface area contributed by atoms with Crippen LogP contribution in [0.3, 0.4) is 0 Å². The van der Waals surface area contributed by atoms with Gasteiger partial charge in [0.05, 0.1) is 18.5 Å². The van der Waals surface area contributed by atoms with E-state index in [2.05, 4.69) is 33.9 Å². The van der Waals surface area contributed by atoms with Crippen molar-refractivity contribution in [3.8, 4) is 0 Å². The molecule has 2 N–H and O–H groups in total. The fourth-order valence-electron chi connectivity index (χ4n) is 2.40. The molecule has 0 aromatic carbocycles. The van der Waals surface area contributed by atoms with Crippen molar-refractivity contribution in [1.82, 2.24) is 0 Å². The van der Waals surface area contributed by atoms with E-state index in [9.17, 15) is 4.79 Å². The number of rotatable bonds is 14. The fraction of sp³-hybridized carbons (Fsp3) is 0.750. The molecule has 0 aliphatic heterocycles. The third-order valence-corrected chi connectivity index (χ3v) is 7.71. The molecule has 0 aliphatic rings. The van der Waals surface area contributed by atoms with E-state index in [1.165, 1.54) is 38.5 Å². The third-order valence-electron chi connectivity index (χ3n) is 4.03. The lowest BCUT2D eigenvalue weighted by atomic mass is 10.00. The molecule has 0 aromatic heterocycles. The van der Waals surface area contributed by atoms with Crippen LogP contribution in [0, 0.1) is 0 Å². The first-order valence-electron chi connectivity index (χ1n) is 9.45. The van der Waals surface area contributed by atoms with Crippen molar-refractivity contribution >= 4 is 25.4 Å². The summed E-state index contributed by atoms with van der Waals surface area (Å²) in [7, 11) is 0.0675. The van der Waals surface area contributed by atoms with Crippen molar-refractivity contribution in [2.75, 3.05) is 18.5 Å². The van der Waals surface area contributed by atoms with Gasteiger partial charge in [-0.1, -0.05) is 52.2 Å². The van der Waals surface area contributed by atoms with E-state index in [0.717, 1.165) is 0 Å². The summed E-state index contributed by atoms with van der Waals surface area (Å²) in [6, 6.07) is 0. The number of halogens is 1. The highest BCUT2D eigenvalue weighted by atomic mass is 35.5. The second-order valence-electron chi connectivity index (χ2n) is 6.38. The number of allylic oxidation sites excluding steroid dienone is 2. The van der Waals surface area contributed by atoms with Crippen molar-refractivity contribution in [3.63, 3.8) is 0 Å². The van der Waals surface area contributed by atoms with Crippen molar-refractivity contribution in [2.24, 2.45) is 5.73 Å². The lowest BCUT2D eigenvalue weighted by Crippen LogP contribution is -2.37. The number of primary amides is 1. The molecule has 0 bridgehead atoms. The van der Waals surface area contributed by atoms with Crippen LogP contribution in [0.25, 0.3) is 0 Å². The van der Waals surface area contributed by atoms with E-state index < -0.39 is 10.8 Å². The minimum absolute atomic E-state index is 0.0675. The van der Waals surface area contributed by atoms with Gasteiger partial charge < -0.3 is 5.73 Å². The smallest absolute Gasteiger partial charge is 0.239 e. The zero-order valence-corrected chi connectivity index (χ0v) is 18.0. The van der Waals surface area contributed by atoms with Crippen molar-refractivity contribution in [3.05, 3.63) is 25.3 Å². The van der Waals surface area contributed by atoms with Crippen molar-refractivity contribution < 1.29 is 4.79 Å². The molecule has 24 heavy (non-hydrogen) atoms. The zero-order chi connectivity index (χ0) is 18.8. The Morgan fingerprint density at radius 2 is 1.29 bits per heavy atom. The Morgan fingerprint density at radius 1 is 0.958 bits per heavy atom. The first kappa shape index (κ1) is 25.9. The minimum Gasteiger partial charge on any atom is -0.368 e. The fourth-order valence-corrected chi connectivity index (χ4v) is 5.93. The number of alkyl halides is 1. The third kappa shape index (κ3) is 14.1. The lowest BCUT2D eigenvalue weighted by molar-refractivity contribution is -0.120. The molecule has 1 amide bonds. The highest BCUT2D eigenvalue weighted by Crippen LogP contribution is 2.38. The van der Waals surface area contributed by atoms with E-state index in [0.29, 0.717) is 12.8 Å². The van der Waals surface area contributed by atoms with Crippen LogP contribution in [0.1, 0.15) is 72.1 Å². The largest absolute Gasteiger partial charge is 0.368 e. The van der Waals surface area contributed by atoms with Crippen LogP contribution in [0.5, 0.6) is 0 Å². The number of hydrogen-bond acceptors (Lipinski definition) is 1. The average Bonchev–Trinajstić information content (AvgIpc) is 2.55. The Kier molecular flexibility index (Phi) is 18.9. The van der Waals surface area contributed by atoms with Crippen LogP contribution in [0.15, 0.2) is 25.3 Å². The van der Waals surface area contributed by atoms with Crippen LogP contribution in [0.2, 0.25) is 0 Å². The molecule has 0 unspecified atom stereocenters. The maximum atomic E-state index is 10.8. The van der Waals surface area contributed by atoms with Gasteiger partial charge in [0.25, 0.3) is 0 Å². The summed E-state index contributed by atoms with van der Waals surface area (Å²) in [6.45, 7) is 13.9. The number of amides is 1. The molecule has 0 aliphatic carbocycles. The Bertz CT molecular complexity index is 305. The van der Waals surface area contributed by atoms with E-state index in [4.69, 9.17) is 17.3 Å². The Labute approximate surface area is 157 Å². The summed E-state index contributed by atoms with van der Waals surface area (Å²) in [4.78, 5) is 9.77. The van der Waals surface area contributed by atoms with Crippen molar-refractivity contribution in [1.29, 1.82) is 0 Å². The molecule has 2 nitrogen and oxygen atoms in total. The highest BCUT2D eigenvalue weighted by Gasteiger charge is 2.30. The summed E-state index contributed by atoms with van der Waals surface area (Å²) >= 11 is 5.86. The maximum Gasteiger partial charge on any atom is 0.239 e. The number of hydrogen-bond donors (Lipinski definition) is 1. The van der Waals surface area contributed by atoms with Gasteiger partial charge in [-0.15, -0.1) is 24.8 Å². The lowest BCUT2D eigenvalue weighted by Gasteiger charge is -2.19. The quantitative estimate of drug-likeness (QED) is 0.219. The van der Waals surface area contributed by atoms with Gasteiger partial charge in [-0.2, -0.15) is 0 Å². The summed E-state index contributed by atoms with van der Waals surface area (Å²) < 4.78 is 0. The molecule has 0 saturated heterocycles. The van der Waals surface area contributed by atoms with E-state index in [1.54, 1.807) is 30.6 Å². The minimum atomic E-state index is -1.02. The predicted molar refractivity (Wildman–Crippen MR) is 115 cm³/mol. The molecule has 0 atom stereocenters. The molecular formula is C20H40ClNOP+. The monoisotopic (exact) mass is 376 g/mol. The highest BCUT2D eigenvalue weighted by molar-refractivity contribution is 7.57. The van der Waals surface area contributed by atoms with Gasteiger partial charge in [-0.05, 0) is 32.1 Å². The van der Waals surface area contributed by atoms with Gasteiger partial charge in [-0.3, -0.25) is 4.79 Å². The van der Waals surface area contributed by atoms with Gasteiger partial charge >= 0.3 is 0 Å². The standard InChI is InChI=1S/C12H27P.C8H12ClNO/c1-4-7-10-13(11-8-5-2)12-9-6-3;1-3-5-8(9,6-4-2)7(10)11/h4-12H2,1-3H3;3-4H,1-2,5-6H2,(H2,10,11)/p+1. The summed E-state index contributed by atoms with van der Waals surface area (Å²) in [5.41, 5.74) is 5.08. The van der Waals surface area contributed by atoms with Crippen LogP contribution in [0.4, 0.5) is 0 Å².